The molecule has 3 nitrogen and oxygen atoms in total. The molecule has 0 radical (unpaired) electrons. The van der Waals surface area contributed by atoms with Gasteiger partial charge in [0.1, 0.15) is 11.2 Å². The molecular formula is C14H13N3S. The molecule has 2 aromatic rings. The van der Waals surface area contributed by atoms with Crippen molar-refractivity contribution in [3.63, 3.8) is 0 Å². The number of anilines is 2. The number of hydrogen-bond donors (Lipinski definition) is 3. The summed E-state index contributed by atoms with van der Waals surface area (Å²) in [5.74, 6) is 0. The van der Waals surface area contributed by atoms with Crippen molar-refractivity contribution in [2.45, 2.75) is 6.17 Å². The van der Waals surface area contributed by atoms with Crippen LogP contribution in [0.1, 0.15) is 17.3 Å². The molecule has 0 amide bonds. The molecule has 0 bridgehead atoms. The zero-order valence-corrected chi connectivity index (χ0v) is 10.5. The molecule has 4 N–H and O–H groups in total. The number of thiocarbonyl (C=S) groups is 1. The summed E-state index contributed by atoms with van der Waals surface area (Å²) < 4.78 is 0. The van der Waals surface area contributed by atoms with Crippen molar-refractivity contribution in [1.82, 2.24) is 0 Å². The minimum atomic E-state index is 0.0998. The van der Waals surface area contributed by atoms with E-state index < -0.39 is 0 Å². The van der Waals surface area contributed by atoms with E-state index in [1.54, 1.807) is 0 Å². The molecule has 0 fully saturated rings. The van der Waals surface area contributed by atoms with Gasteiger partial charge < -0.3 is 16.4 Å². The van der Waals surface area contributed by atoms with Crippen LogP contribution >= 0.6 is 12.2 Å². The third-order valence-corrected chi connectivity index (χ3v) is 3.29. The fourth-order valence-electron chi connectivity index (χ4n) is 2.09. The van der Waals surface area contributed by atoms with E-state index in [0.717, 1.165) is 22.5 Å². The van der Waals surface area contributed by atoms with Crippen LogP contribution in [0.5, 0.6) is 0 Å². The SMILES string of the molecule is NC(=S)c1ccc(C2Nc3ccccc3N2)cc1. The average molecular weight is 255 g/mol. The number of nitrogens with one attached hydrogen (secondary N) is 2. The van der Waals surface area contributed by atoms with E-state index in [0.29, 0.717) is 4.99 Å². The van der Waals surface area contributed by atoms with Crippen molar-refractivity contribution in [2.75, 3.05) is 10.6 Å². The Morgan fingerprint density at radius 2 is 1.50 bits per heavy atom. The highest BCUT2D eigenvalue weighted by Crippen LogP contribution is 2.34. The highest BCUT2D eigenvalue weighted by atomic mass is 32.1. The summed E-state index contributed by atoms with van der Waals surface area (Å²) in [6.07, 6.45) is 0.0998. The first-order valence-electron chi connectivity index (χ1n) is 5.76. The highest BCUT2D eigenvalue weighted by molar-refractivity contribution is 7.80. The van der Waals surface area contributed by atoms with Gasteiger partial charge in [0.25, 0.3) is 0 Å². The summed E-state index contributed by atoms with van der Waals surface area (Å²) in [5, 5.41) is 6.85. The number of rotatable bonds is 2. The first-order valence-corrected chi connectivity index (χ1v) is 6.17. The maximum atomic E-state index is 5.59. The third kappa shape index (κ3) is 1.91. The summed E-state index contributed by atoms with van der Waals surface area (Å²) in [7, 11) is 0. The number of hydrogen-bond acceptors (Lipinski definition) is 3. The molecule has 90 valence electrons. The molecule has 1 heterocycles. The second kappa shape index (κ2) is 4.31. The average Bonchev–Trinajstić information content (AvgIpc) is 2.82. The molecule has 1 aliphatic heterocycles. The monoisotopic (exact) mass is 255 g/mol. The summed E-state index contributed by atoms with van der Waals surface area (Å²) >= 11 is 4.94. The van der Waals surface area contributed by atoms with Crippen LogP contribution in [-0.4, -0.2) is 4.99 Å². The Bertz CT molecular complexity index is 567. The van der Waals surface area contributed by atoms with E-state index in [4.69, 9.17) is 18.0 Å². The predicted octanol–water partition coefficient (Wildman–Crippen LogP) is 2.86. The van der Waals surface area contributed by atoms with Gasteiger partial charge in [-0.3, -0.25) is 0 Å². The van der Waals surface area contributed by atoms with Crippen LogP contribution in [0.4, 0.5) is 11.4 Å². The molecule has 0 atom stereocenters. The van der Waals surface area contributed by atoms with Crippen LogP contribution in [-0.2, 0) is 0 Å². The van der Waals surface area contributed by atoms with Gasteiger partial charge in [-0.15, -0.1) is 0 Å². The van der Waals surface area contributed by atoms with Crippen LogP contribution in [0.25, 0.3) is 0 Å². The third-order valence-electron chi connectivity index (χ3n) is 3.06. The van der Waals surface area contributed by atoms with Crippen LogP contribution < -0.4 is 16.4 Å². The van der Waals surface area contributed by atoms with Crippen LogP contribution in [0.2, 0.25) is 0 Å². The van der Waals surface area contributed by atoms with Crippen LogP contribution in [0.3, 0.4) is 0 Å². The zero-order valence-electron chi connectivity index (χ0n) is 9.68. The minimum Gasteiger partial charge on any atom is -0.389 e. The van der Waals surface area contributed by atoms with Gasteiger partial charge in [-0.25, -0.2) is 0 Å². The molecule has 0 unspecified atom stereocenters. The Kier molecular flexibility index (Phi) is 2.64. The van der Waals surface area contributed by atoms with Gasteiger partial charge >= 0.3 is 0 Å². The fraction of sp³-hybridized carbons (Fsp3) is 0.0714. The molecule has 0 saturated carbocycles. The predicted molar refractivity (Wildman–Crippen MR) is 78.8 cm³/mol. The van der Waals surface area contributed by atoms with E-state index in [9.17, 15) is 0 Å². The zero-order chi connectivity index (χ0) is 12.5. The highest BCUT2D eigenvalue weighted by Gasteiger charge is 2.19. The molecule has 0 spiro atoms. The number of benzene rings is 2. The molecule has 18 heavy (non-hydrogen) atoms. The van der Waals surface area contributed by atoms with Gasteiger partial charge in [0, 0.05) is 5.56 Å². The Morgan fingerprint density at radius 3 is 2.00 bits per heavy atom. The van der Waals surface area contributed by atoms with Crippen molar-refractivity contribution in [1.29, 1.82) is 0 Å². The van der Waals surface area contributed by atoms with Crippen LogP contribution in [0.15, 0.2) is 48.5 Å². The first kappa shape index (κ1) is 11.0. The molecule has 0 aliphatic carbocycles. The molecule has 0 aromatic heterocycles. The lowest BCUT2D eigenvalue weighted by Gasteiger charge is -2.13. The van der Waals surface area contributed by atoms with E-state index in [1.807, 2.05) is 36.4 Å². The summed E-state index contributed by atoms with van der Waals surface area (Å²) in [6, 6.07) is 16.1. The smallest absolute Gasteiger partial charge is 0.123 e. The summed E-state index contributed by atoms with van der Waals surface area (Å²) in [5.41, 5.74) is 9.89. The molecular weight excluding hydrogens is 242 g/mol. The van der Waals surface area contributed by atoms with Crippen molar-refractivity contribution in [2.24, 2.45) is 5.73 Å². The number of nitrogens with two attached hydrogens (primary N) is 1. The Labute approximate surface area is 111 Å². The number of para-hydroxylation sites is 2. The van der Waals surface area contributed by atoms with Gasteiger partial charge in [0.15, 0.2) is 0 Å². The van der Waals surface area contributed by atoms with Gasteiger partial charge in [0.05, 0.1) is 11.4 Å². The Balaban J connectivity index is 1.84. The van der Waals surface area contributed by atoms with Crippen molar-refractivity contribution in [3.8, 4) is 0 Å². The second-order valence-electron chi connectivity index (χ2n) is 4.25. The summed E-state index contributed by atoms with van der Waals surface area (Å²) in [4.78, 5) is 0.428. The first-order chi connectivity index (χ1) is 8.74. The number of fused-ring (bicyclic) bond motifs is 1. The van der Waals surface area contributed by atoms with Gasteiger partial charge in [0.2, 0.25) is 0 Å². The van der Waals surface area contributed by atoms with Crippen LogP contribution in [0, 0.1) is 0 Å². The maximum absolute atomic E-state index is 5.59. The topological polar surface area (TPSA) is 50.1 Å². The van der Waals surface area contributed by atoms with E-state index >= 15 is 0 Å². The normalized spacial score (nSPS) is 13.6. The lowest BCUT2D eigenvalue weighted by atomic mass is 10.1. The molecule has 4 heteroatoms. The standard InChI is InChI=1S/C14H13N3S/c15-13(18)9-5-7-10(8-6-9)14-16-11-3-1-2-4-12(11)17-14/h1-8,14,16-17H,(H2,15,18). The van der Waals surface area contributed by atoms with Crippen molar-refractivity contribution < 1.29 is 0 Å². The largest absolute Gasteiger partial charge is 0.389 e. The Morgan fingerprint density at radius 1 is 0.944 bits per heavy atom. The quantitative estimate of drug-likeness (QED) is 0.722. The second-order valence-corrected chi connectivity index (χ2v) is 4.69. The molecule has 0 saturated heterocycles. The maximum Gasteiger partial charge on any atom is 0.123 e. The fourth-order valence-corrected chi connectivity index (χ4v) is 2.22. The molecule has 3 rings (SSSR count). The van der Waals surface area contributed by atoms with Gasteiger partial charge in [-0.1, -0.05) is 48.6 Å². The van der Waals surface area contributed by atoms with E-state index in [-0.39, 0.29) is 6.17 Å². The summed E-state index contributed by atoms with van der Waals surface area (Å²) in [6.45, 7) is 0. The van der Waals surface area contributed by atoms with E-state index in [2.05, 4.69) is 22.8 Å². The lowest BCUT2D eigenvalue weighted by molar-refractivity contribution is 0.941. The Hall–Kier alpha value is -2.07. The minimum absolute atomic E-state index is 0.0998. The van der Waals surface area contributed by atoms with Crippen molar-refractivity contribution in [3.05, 3.63) is 59.7 Å². The van der Waals surface area contributed by atoms with E-state index in [1.165, 1.54) is 0 Å². The molecule has 2 aromatic carbocycles. The van der Waals surface area contributed by atoms with Gasteiger partial charge in [-0.2, -0.15) is 0 Å². The van der Waals surface area contributed by atoms with Gasteiger partial charge in [-0.05, 0) is 17.7 Å². The lowest BCUT2D eigenvalue weighted by Crippen LogP contribution is -2.13. The molecule has 1 aliphatic rings. The van der Waals surface area contributed by atoms with Crippen molar-refractivity contribution >= 4 is 28.6 Å².